The van der Waals surface area contributed by atoms with Crippen molar-refractivity contribution >= 4 is 28.7 Å². The van der Waals surface area contributed by atoms with Gasteiger partial charge >= 0.3 is 5.97 Å². The Labute approximate surface area is 124 Å². The first kappa shape index (κ1) is 13.3. The van der Waals surface area contributed by atoms with Crippen molar-refractivity contribution in [2.24, 2.45) is 0 Å². The third kappa shape index (κ3) is 2.75. The second kappa shape index (κ2) is 5.34. The minimum absolute atomic E-state index is 0.0384. The molecule has 0 radical (unpaired) electrons. The summed E-state index contributed by atoms with van der Waals surface area (Å²) in [4.78, 5) is 23.5. The summed E-state index contributed by atoms with van der Waals surface area (Å²) in [5.74, 6) is -0.747. The largest absolute Gasteiger partial charge is 0.478 e. The number of aromatic carboxylic acids is 1. The van der Waals surface area contributed by atoms with Crippen molar-refractivity contribution in [2.45, 2.75) is 0 Å². The number of benzene rings is 1. The minimum Gasteiger partial charge on any atom is -0.478 e. The van der Waals surface area contributed by atoms with Crippen LogP contribution in [0.2, 0.25) is 5.02 Å². The lowest BCUT2D eigenvalue weighted by Crippen LogP contribution is -2.01. The van der Waals surface area contributed by atoms with Crippen LogP contribution in [0.4, 0.5) is 0 Å². The molecule has 2 aromatic heterocycles. The first-order chi connectivity index (χ1) is 10.1. The molecular weight excluding hydrogens is 294 g/mol. The average Bonchev–Trinajstić information content (AvgIpc) is 2.49. The van der Waals surface area contributed by atoms with Gasteiger partial charge in [0.2, 0.25) is 5.88 Å². The van der Waals surface area contributed by atoms with Crippen molar-refractivity contribution < 1.29 is 14.6 Å². The summed E-state index contributed by atoms with van der Waals surface area (Å²) in [5, 5.41) is 9.48. The van der Waals surface area contributed by atoms with E-state index in [1.807, 2.05) is 0 Å². The summed E-state index contributed by atoms with van der Waals surface area (Å²) in [6, 6.07) is 7.64. The lowest BCUT2D eigenvalue weighted by molar-refractivity contribution is 0.0694. The zero-order chi connectivity index (χ0) is 14.8. The number of hydrogen-bond acceptors (Lipinski definition) is 5. The number of pyridine rings is 1. The third-order valence-electron chi connectivity index (χ3n) is 2.69. The number of rotatable bonds is 3. The number of carbonyl (C=O) groups is 1. The summed E-state index contributed by atoms with van der Waals surface area (Å²) < 4.78 is 5.52. The maximum atomic E-state index is 11.2. The lowest BCUT2D eigenvalue weighted by atomic mass is 10.2. The van der Waals surface area contributed by atoms with Crippen molar-refractivity contribution in [1.82, 2.24) is 15.0 Å². The Kier molecular flexibility index (Phi) is 3.37. The summed E-state index contributed by atoms with van der Waals surface area (Å²) in [5.41, 5.74) is 1.00. The van der Waals surface area contributed by atoms with Crippen molar-refractivity contribution in [3.63, 3.8) is 0 Å². The molecule has 3 aromatic rings. The Balaban J connectivity index is 2.00. The zero-order valence-electron chi connectivity index (χ0n) is 10.5. The second-order valence-corrected chi connectivity index (χ2v) is 4.53. The highest BCUT2D eigenvalue weighted by Crippen LogP contribution is 2.27. The van der Waals surface area contributed by atoms with E-state index in [4.69, 9.17) is 21.4 Å². The van der Waals surface area contributed by atoms with Crippen molar-refractivity contribution in [3.8, 4) is 11.6 Å². The molecule has 0 bridgehead atoms. The van der Waals surface area contributed by atoms with Gasteiger partial charge < -0.3 is 9.84 Å². The Bertz CT molecular complexity index is 839. The molecular formula is C14H8ClN3O3. The van der Waals surface area contributed by atoms with Gasteiger partial charge in [-0.15, -0.1) is 0 Å². The number of ether oxygens (including phenoxy) is 1. The second-order valence-electron chi connectivity index (χ2n) is 4.10. The molecule has 0 atom stereocenters. The Morgan fingerprint density at radius 2 is 1.95 bits per heavy atom. The highest BCUT2D eigenvalue weighted by molar-refractivity contribution is 6.31. The molecule has 0 amide bonds. The van der Waals surface area contributed by atoms with Crippen molar-refractivity contribution in [1.29, 1.82) is 0 Å². The smallest absolute Gasteiger partial charge is 0.339 e. The Morgan fingerprint density at radius 1 is 1.14 bits per heavy atom. The normalized spacial score (nSPS) is 10.5. The molecule has 6 nitrogen and oxygen atoms in total. The zero-order valence-corrected chi connectivity index (χ0v) is 11.3. The van der Waals surface area contributed by atoms with Crippen LogP contribution in [-0.4, -0.2) is 26.0 Å². The van der Waals surface area contributed by atoms with Gasteiger partial charge in [-0.2, -0.15) is 4.98 Å². The molecule has 1 N–H and O–H groups in total. The predicted octanol–water partition coefficient (Wildman–Crippen LogP) is 3.17. The van der Waals surface area contributed by atoms with Crippen LogP contribution >= 0.6 is 11.6 Å². The lowest BCUT2D eigenvalue weighted by Gasteiger charge is -2.08. The fourth-order valence-electron chi connectivity index (χ4n) is 1.76. The number of fused-ring (bicyclic) bond motifs is 1. The van der Waals surface area contributed by atoms with Crippen LogP contribution in [0.1, 0.15) is 10.4 Å². The summed E-state index contributed by atoms with van der Waals surface area (Å²) in [7, 11) is 0. The van der Waals surface area contributed by atoms with Gasteiger partial charge in [0.25, 0.3) is 0 Å². The average molecular weight is 302 g/mol. The van der Waals surface area contributed by atoms with Crippen molar-refractivity contribution in [3.05, 3.63) is 53.3 Å². The van der Waals surface area contributed by atoms with Crippen LogP contribution in [0.25, 0.3) is 11.2 Å². The van der Waals surface area contributed by atoms with E-state index >= 15 is 0 Å². The van der Waals surface area contributed by atoms with E-state index < -0.39 is 5.97 Å². The molecule has 2 heterocycles. The van der Waals surface area contributed by atoms with Crippen LogP contribution < -0.4 is 4.74 Å². The highest BCUT2D eigenvalue weighted by Gasteiger charge is 2.13. The van der Waals surface area contributed by atoms with Crippen LogP contribution in [0, 0.1) is 0 Å². The summed E-state index contributed by atoms with van der Waals surface area (Å²) in [6.45, 7) is 0. The number of aromatic nitrogens is 3. The van der Waals surface area contributed by atoms with Crippen LogP contribution in [0.15, 0.2) is 42.7 Å². The number of carboxylic acid groups (broad SMARTS) is 1. The van der Waals surface area contributed by atoms with E-state index in [0.29, 0.717) is 16.2 Å². The van der Waals surface area contributed by atoms with Gasteiger partial charge in [-0.3, -0.25) is 4.98 Å². The predicted molar refractivity (Wildman–Crippen MR) is 75.8 cm³/mol. The number of carboxylic acids is 1. The Morgan fingerprint density at radius 3 is 2.76 bits per heavy atom. The SMILES string of the molecule is O=C(O)c1cc(Cl)ccc1Oc1ccc2nccnc2n1. The molecule has 0 fully saturated rings. The van der Waals surface area contributed by atoms with E-state index in [9.17, 15) is 4.79 Å². The van der Waals surface area contributed by atoms with E-state index in [1.54, 1.807) is 24.4 Å². The molecule has 0 aliphatic heterocycles. The first-order valence-corrected chi connectivity index (χ1v) is 6.30. The van der Waals surface area contributed by atoms with Crippen LogP contribution in [0.5, 0.6) is 11.6 Å². The molecule has 21 heavy (non-hydrogen) atoms. The molecule has 3 rings (SSSR count). The van der Waals surface area contributed by atoms with Gasteiger partial charge in [-0.05, 0) is 24.3 Å². The van der Waals surface area contributed by atoms with Gasteiger partial charge in [-0.25, -0.2) is 9.78 Å². The molecule has 0 aliphatic rings. The summed E-state index contributed by atoms with van der Waals surface area (Å²) in [6.07, 6.45) is 3.08. The van der Waals surface area contributed by atoms with Crippen LogP contribution in [0.3, 0.4) is 0 Å². The third-order valence-corrected chi connectivity index (χ3v) is 2.93. The number of hydrogen-bond donors (Lipinski definition) is 1. The fraction of sp³-hybridized carbons (Fsp3) is 0. The van der Waals surface area contributed by atoms with Crippen LogP contribution in [-0.2, 0) is 0 Å². The standard InChI is InChI=1S/C14H8ClN3O3/c15-8-1-3-11(9(7-8)14(19)20)21-12-4-2-10-13(18-12)17-6-5-16-10/h1-7H,(H,19,20). The molecule has 0 saturated heterocycles. The van der Waals surface area contributed by atoms with Gasteiger partial charge in [0.05, 0.1) is 0 Å². The molecule has 7 heteroatoms. The van der Waals surface area contributed by atoms with Gasteiger partial charge in [0.15, 0.2) is 5.65 Å². The van der Waals surface area contributed by atoms with E-state index in [0.717, 1.165) is 0 Å². The molecule has 104 valence electrons. The number of nitrogens with zero attached hydrogens (tertiary/aromatic N) is 3. The fourth-order valence-corrected chi connectivity index (χ4v) is 1.94. The Hall–Kier alpha value is -2.73. The molecule has 0 saturated carbocycles. The number of halogens is 1. The van der Waals surface area contributed by atoms with Gasteiger partial charge in [0.1, 0.15) is 16.8 Å². The molecule has 0 unspecified atom stereocenters. The maximum absolute atomic E-state index is 11.2. The molecule has 0 aliphatic carbocycles. The van der Waals surface area contributed by atoms with Crippen molar-refractivity contribution in [2.75, 3.05) is 0 Å². The molecule has 1 aromatic carbocycles. The highest BCUT2D eigenvalue weighted by atomic mass is 35.5. The van der Waals surface area contributed by atoms with E-state index in [-0.39, 0.29) is 17.2 Å². The summed E-state index contributed by atoms with van der Waals surface area (Å²) >= 11 is 5.79. The van der Waals surface area contributed by atoms with Gasteiger partial charge in [0, 0.05) is 23.5 Å². The monoisotopic (exact) mass is 301 g/mol. The topological polar surface area (TPSA) is 85.2 Å². The van der Waals surface area contributed by atoms with E-state index in [2.05, 4.69) is 15.0 Å². The maximum Gasteiger partial charge on any atom is 0.339 e. The minimum atomic E-state index is -1.13. The molecule has 0 spiro atoms. The first-order valence-electron chi connectivity index (χ1n) is 5.92. The van der Waals surface area contributed by atoms with E-state index in [1.165, 1.54) is 18.3 Å². The van der Waals surface area contributed by atoms with Gasteiger partial charge in [-0.1, -0.05) is 11.6 Å². The quantitative estimate of drug-likeness (QED) is 0.799.